The van der Waals surface area contributed by atoms with E-state index in [0.29, 0.717) is 17.0 Å². The quantitative estimate of drug-likeness (QED) is 0.605. The number of nitrogens with one attached hydrogen (secondary N) is 1. The smallest absolute Gasteiger partial charge is 0.342 e. The Labute approximate surface area is 150 Å². The molecule has 0 aromatic heterocycles. The van der Waals surface area contributed by atoms with Crippen LogP contribution in [0.25, 0.3) is 0 Å². The second-order valence-electron chi connectivity index (χ2n) is 5.32. The molecule has 136 valence electrons. The second-order valence-corrected chi connectivity index (χ2v) is 5.32. The van der Waals surface area contributed by atoms with Gasteiger partial charge >= 0.3 is 5.97 Å². The van der Waals surface area contributed by atoms with Crippen molar-refractivity contribution in [2.24, 2.45) is 0 Å². The number of hydrogen-bond acceptors (Lipinski definition) is 6. The maximum atomic E-state index is 12.1. The Bertz CT molecular complexity index is 813. The van der Waals surface area contributed by atoms with Crippen molar-refractivity contribution >= 4 is 23.3 Å². The molecule has 0 atom stereocenters. The van der Waals surface area contributed by atoms with E-state index in [1.54, 1.807) is 36.4 Å². The Morgan fingerprint density at radius 1 is 0.962 bits per heavy atom. The molecule has 0 bridgehead atoms. The minimum Gasteiger partial charge on any atom is -0.497 e. The highest BCUT2D eigenvalue weighted by molar-refractivity contribution is 5.98. The van der Waals surface area contributed by atoms with Gasteiger partial charge in [-0.25, -0.2) is 4.79 Å². The fourth-order valence-electron chi connectivity index (χ4n) is 2.16. The molecule has 2 rings (SSSR count). The fraction of sp³-hybridized carbons (Fsp3) is 0.211. The summed E-state index contributed by atoms with van der Waals surface area (Å²) in [7, 11) is 2.92. The van der Waals surface area contributed by atoms with E-state index < -0.39 is 18.5 Å². The average Bonchev–Trinajstić information content (AvgIpc) is 2.65. The number of methoxy groups -OCH3 is 2. The number of carbonyl (C=O) groups is 3. The number of carbonyl (C=O) groups excluding carboxylic acids is 3. The maximum absolute atomic E-state index is 12.1. The molecule has 7 nitrogen and oxygen atoms in total. The van der Waals surface area contributed by atoms with Crippen molar-refractivity contribution in [3.05, 3.63) is 53.6 Å². The second kappa shape index (κ2) is 8.66. The van der Waals surface area contributed by atoms with E-state index in [1.165, 1.54) is 27.2 Å². The molecule has 2 aromatic carbocycles. The van der Waals surface area contributed by atoms with E-state index in [-0.39, 0.29) is 17.1 Å². The minimum atomic E-state index is -0.688. The Morgan fingerprint density at radius 3 is 2.23 bits per heavy atom. The molecule has 0 spiro atoms. The third-order valence-electron chi connectivity index (χ3n) is 3.54. The van der Waals surface area contributed by atoms with Crippen LogP contribution in [-0.2, 0) is 9.53 Å². The number of benzene rings is 2. The highest BCUT2D eigenvalue weighted by Gasteiger charge is 2.16. The first-order chi connectivity index (χ1) is 12.4. The third-order valence-corrected chi connectivity index (χ3v) is 3.54. The topological polar surface area (TPSA) is 90.9 Å². The fourth-order valence-corrected chi connectivity index (χ4v) is 2.16. The minimum absolute atomic E-state index is 0.0646. The summed E-state index contributed by atoms with van der Waals surface area (Å²) < 4.78 is 15.2. The van der Waals surface area contributed by atoms with Crippen molar-refractivity contribution in [3.63, 3.8) is 0 Å². The first-order valence-electron chi connectivity index (χ1n) is 7.74. The van der Waals surface area contributed by atoms with Gasteiger partial charge in [0.2, 0.25) is 0 Å². The number of ketones is 1. The highest BCUT2D eigenvalue weighted by Crippen LogP contribution is 2.25. The van der Waals surface area contributed by atoms with E-state index in [4.69, 9.17) is 14.2 Å². The van der Waals surface area contributed by atoms with Gasteiger partial charge in [0.05, 0.1) is 14.2 Å². The summed E-state index contributed by atoms with van der Waals surface area (Å²) in [5.74, 6) is -0.432. The molecule has 26 heavy (non-hydrogen) atoms. The number of ether oxygens (including phenoxy) is 3. The van der Waals surface area contributed by atoms with Gasteiger partial charge in [0.15, 0.2) is 12.4 Å². The third kappa shape index (κ3) is 4.83. The molecular formula is C19H19NO6. The largest absolute Gasteiger partial charge is 0.497 e. The van der Waals surface area contributed by atoms with E-state index in [1.807, 2.05) is 0 Å². The number of hydrogen-bond donors (Lipinski definition) is 1. The van der Waals surface area contributed by atoms with Crippen LogP contribution in [0.3, 0.4) is 0 Å². The predicted molar refractivity (Wildman–Crippen MR) is 94.9 cm³/mol. The summed E-state index contributed by atoms with van der Waals surface area (Å²) in [6, 6.07) is 11.0. The number of rotatable bonds is 7. The molecule has 1 N–H and O–H groups in total. The first-order valence-corrected chi connectivity index (χ1v) is 7.74. The van der Waals surface area contributed by atoms with Crippen molar-refractivity contribution in [2.45, 2.75) is 6.92 Å². The average molecular weight is 357 g/mol. The maximum Gasteiger partial charge on any atom is 0.342 e. The number of Topliss-reactive ketones (excluding diaryl/α,β-unsaturated/α-hetero) is 1. The van der Waals surface area contributed by atoms with Crippen molar-refractivity contribution in [3.8, 4) is 11.5 Å². The Hall–Kier alpha value is -3.35. The van der Waals surface area contributed by atoms with E-state index in [2.05, 4.69) is 5.32 Å². The van der Waals surface area contributed by atoms with Gasteiger partial charge in [-0.2, -0.15) is 0 Å². The van der Waals surface area contributed by atoms with Gasteiger partial charge in [0.25, 0.3) is 5.91 Å². The molecule has 7 heteroatoms. The molecule has 1 amide bonds. The zero-order valence-electron chi connectivity index (χ0n) is 14.7. The molecule has 0 aliphatic heterocycles. The van der Waals surface area contributed by atoms with Gasteiger partial charge in [0, 0.05) is 17.3 Å². The van der Waals surface area contributed by atoms with E-state index >= 15 is 0 Å². The number of amides is 1. The number of anilines is 1. The summed E-state index contributed by atoms with van der Waals surface area (Å²) in [5.41, 5.74) is 1.23. The SMILES string of the molecule is COc1ccc(C(=O)OCC(=O)Nc2ccc(C(C)=O)cc2)c(OC)c1. The summed E-state index contributed by atoms with van der Waals surface area (Å²) in [5, 5.41) is 2.58. The molecule has 2 aromatic rings. The van der Waals surface area contributed by atoms with Gasteiger partial charge in [-0.3, -0.25) is 9.59 Å². The van der Waals surface area contributed by atoms with Crippen LogP contribution < -0.4 is 14.8 Å². The molecule has 0 heterocycles. The van der Waals surface area contributed by atoms with Gasteiger partial charge < -0.3 is 19.5 Å². The predicted octanol–water partition coefficient (Wildman–Crippen LogP) is 2.70. The van der Waals surface area contributed by atoms with Crippen LogP contribution >= 0.6 is 0 Å². The summed E-state index contributed by atoms with van der Waals surface area (Å²) in [6.07, 6.45) is 0. The zero-order chi connectivity index (χ0) is 19.1. The molecular weight excluding hydrogens is 338 g/mol. The van der Waals surface area contributed by atoms with Crippen LogP contribution in [-0.4, -0.2) is 38.5 Å². The van der Waals surface area contributed by atoms with Crippen molar-refractivity contribution in [1.29, 1.82) is 0 Å². The van der Waals surface area contributed by atoms with Crippen LogP contribution in [0.2, 0.25) is 0 Å². The van der Waals surface area contributed by atoms with E-state index in [9.17, 15) is 14.4 Å². The van der Waals surface area contributed by atoms with Crippen LogP contribution in [0.1, 0.15) is 27.6 Å². The van der Waals surface area contributed by atoms with Crippen molar-refractivity contribution in [1.82, 2.24) is 0 Å². The standard InChI is InChI=1S/C19H19NO6/c1-12(21)13-4-6-14(7-5-13)20-18(22)11-26-19(23)16-9-8-15(24-2)10-17(16)25-3/h4-10H,11H2,1-3H3,(H,20,22). The van der Waals surface area contributed by atoms with Crippen molar-refractivity contribution in [2.75, 3.05) is 26.1 Å². The van der Waals surface area contributed by atoms with Crippen LogP contribution in [0.4, 0.5) is 5.69 Å². The Morgan fingerprint density at radius 2 is 1.65 bits per heavy atom. The lowest BCUT2D eigenvalue weighted by molar-refractivity contribution is -0.119. The molecule has 0 saturated heterocycles. The Kier molecular flexibility index (Phi) is 6.32. The van der Waals surface area contributed by atoms with Gasteiger partial charge in [-0.05, 0) is 43.3 Å². The van der Waals surface area contributed by atoms with Gasteiger partial charge in [0.1, 0.15) is 17.1 Å². The molecule has 0 saturated carbocycles. The van der Waals surface area contributed by atoms with Crippen LogP contribution in [0.5, 0.6) is 11.5 Å². The van der Waals surface area contributed by atoms with E-state index in [0.717, 1.165) is 0 Å². The monoisotopic (exact) mass is 357 g/mol. The lowest BCUT2D eigenvalue weighted by Crippen LogP contribution is -2.21. The molecule has 0 aliphatic carbocycles. The zero-order valence-corrected chi connectivity index (χ0v) is 14.7. The first kappa shape index (κ1) is 19.0. The lowest BCUT2D eigenvalue weighted by atomic mass is 10.1. The molecule has 0 radical (unpaired) electrons. The van der Waals surface area contributed by atoms with Gasteiger partial charge in [-0.15, -0.1) is 0 Å². The summed E-state index contributed by atoms with van der Waals surface area (Å²) >= 11 is 0. The highest BCUT2D eigenvalue weighted by atomic mass is 16.5. The molecule has 0 fully saturated rings. The number of esters is 1. The van der Waals surface area contributed by atoms with Crippen LogP contribution in [0, 0.1) is 0 Å². The molecule has 0 unspecified atom stereocenters. The Balaban J connectivity index is 1.94. The summed E-state index contributed by atoms with van der Waals surface area (Å²) in [4.78, 5) is 35.3. The van der Waals surface area contributed by atoms with Crippen molar-refractivity contribution < 1.29 is 28.6 Å². The summed E-state index contributed by atoms with van der Waals surface area (Å²) in [6.45, 7) is 1.00. The molecule has 0 aliphatic rings. The van der Waals surface area contributed by atoms with Gasteiger partial charge in [-0.1, -0.05) is 0 Å². The normalized spacial score (nSPS) is 9.96. The van der Waals surface area contributed by atoms with Crippen LogP contribution in [0.15, 0.2) is 42.5 Å². The lowest BCUT2D eigenvalue weighted by Gasteiger charge is -2.10.